The van der Waals surface area contributed by atoms with Gasteiger partial charge in [0.2, 0.25) is 0 Å². The fraction of sp³-hybridized carbons (Fsp3) is 0.545. The molecule has 100 valence electrons. The maximum atomic E-state index is 8.92. The van der Waals surface area contributed by atoms with Gasteiger partial charge in [-0.15, -0.1) is 0 Å². The Morgan fingerprint density at radius 2 is 1.65 bits per heavy atom. The molecule has 0 saturated heterocycles. The number of nitrogens with one attached hydrogen (secondary N) is 1. The summed E-state index contributed by atoms with van der Waals surface area (Å²) in [7, 11) is -2.20. The van der Waals surface area contributed by atoms with Gasteiger partial charge in [-0.25, -0.2) is 4.98 Å². The minimum absolute atomic E-state index is 0.0692. The summed E-state index contributed by atoms with van der Waals surface area (Å²) in [4.78, 5) is 30.6. The number of aromatic nitrogens is 1. The van der Waals surface area contributed by atoms with Crippen molar-refractivity contribution in [1.82, 2.24) is 10.3 Å². The van der Waals surface area contributed by atoms with E-state index >= 15 is 0 Å². The third-order valence-corrected chi connectivity index (χ3v) is 2.32. The van der Waals surface area contributed by atoms with E-state index in [4.69, 9.17) is 14.7 Å². The lowest BCUT2D eigenvalue weighted by Crippen LogP contribution is -2.17. The molecule has 1 aromatic rings. The monoisotopic (exact) mass is 263 g/mol. The minimum Gasteiger partial charge on any atom is -0.314 e. The molecule has 0 aliphatic heterocycles. The predicted octanol–water partition coefficient (Wildman–Crippen LogP) is 1.22. The Bertz CT molecular complexity index is 290. The zero-order chi connectivity index (χ0) is 13.9. The highest BCUT2D eigenvalue weighted by Gasteiger charge is 2.36. The number of nitrogens with zero attached hydrogens (tertiary/aromatic N) is 1. The van der Waals surface area contributed by atoms with Crippen LogP contribution in [0.1, 0.15) is 33.4 Å². The Balaban J connectivity index is 0. The van der Waals surface area contributed by atoms with Crippen molar-refractivity contribution in [2.24, 2.45) is 0 Å². The molecule has 0 spiro atoms. The summed E-state index contributed by atoms with van der Waals surface area (Å²) >= 11 is 0. The summed E-state index contributed by atoms with van der Waals surface area (Å²) in [5.41, 5.74) is 0.585. The van der Waals surface area contributed by atoms with E-state index in [1.807, 2.05) is 27.7 Å². The van der Waals surface area contributed by atoms with Gasteiger partial charge in [-0.1, -0.05) is 33.8 Å². The van der Waals surface area contributed by atoms with Gasteiger partial charge in [-0.3, -0.25) is 0 Å². The van der Waals surface area contributed by atoms with Crippen LogP contribution >= 0.6 is 7.94 Å². The molecule has 0 aliphatic rings. The van der Waals surface area contributed by atoms with E-state index < -0.39 is 7.94 Å². The molecule has 0 aromatic carbocycles. The third-order valence-electron chi connectivity index (χ3n) is 1.46. The van der Waals surface area contributed by atoms with Crippen molar-refractivity contribution < 1.29 is 14.7 Å². The Kier molecular flexibility index (Phi) is 11.7. The van der Waals surface area contributed by atoms with E-state index in [2.05, 4.69) is 10.3 Å². The van der Waals surface area contributed by atoms with Crippen molar-refractivity contribution in [3.63, 3.8) is 0 Å². The maximum Gasteiger partial charge on any atom is 0.460 e. The predicted molar refractivity (Wildman–Crippen MR) is 72.9 cm³/mol. The molecule has 0 amide bonds. The molecule has 0 aliphatic carbocycles. The summed E-state index contributed by atoms with van der Waals surface area (Å²) in [5.74, 6) is 0. The Hall–Kier alpha value is -0.580. The van der Waals surface area contributed by atoms with Gasteiger partial charge >= 0.3 is 7.94 Å². The van der Waals surface area contributed by atoms with Crippen LogP contribution in [0.5, 0.6) is 0 Å². The first-order valence-corrected chi connectivity index (χ1v) is 7.37. The second-order valence-electron chi connectivity index (χ2n) is 2.59. The molecule has 0 fully saturated rings. The quantitative estimate of drug-likeness (QED) is 0.616. The van der Waals surface area contributed by atoms with E-state index in [-0.39, 0.29) is 5.44 Å². The number of pyridine rings is 1. The van der Waals surface area contributed by atoms with Crippen molar-refractivity contribution >= 4 is 13.4 Å². The Morgan fingerprint density at radius 1 is 1.12 bits per heavy atom. The summed E-state index contributed by atoms with van der Waals surface area (Å²) in [6.45, 7) is 8.52. The summed E-state index contributed by atoms with van der Waals surface area (Å²) < 4.78 is 0. The zero-order valence-electron chi connectivity index (χ0n) is 11.2. The lowest BCUT2D eigenvalue weighted by molar-refractivity contribution is 0.345. The summed E-state index contributed by atoms with van der Waals surface area (Å²) in [5, 5.41) is 2.87. The third kappa shape index (κ3) is 8.18. The molecular weight excluding hydrogens is 239 g/mol. The van der Waals surface area contributed by atoms with Gasteiger partial charge in [0.05, 0.1) is 5.69 Å². The van der Waals surface area contributed by atoms with Gasteiger partial charge in [0.15, 0.2) is 0 Å². The Morgan fingerprint density at radius 3 is 2.06 bits per heavy atom. The van der Waals surface area contributed by atoms with Crippen LogP contribution in [0.3, 0.4) is 0 Å². The lowest BCUT2D eigenvalue weighted by Gasteiger charge is -2.03. The fourth-order valence-corrected chi connectivity index (χ4v) is 1.46. The molecule has 0 radical (unpaired) electrons. The van der Waals surface area contributed by atoms with Crippen LogP contribution in [0.4, 0.5) is 0 Å². The molecule has 0 saturated carbocycles. The molecule has 1 heterocycles. The van der Waals surface area contributed by atoms with Crippen LogP contribution in [-0.4, -0.2) is 26.7 Å². The molecular formula is C11H24N2O3P+. The van der Waals surface area contributed by atoms with Crippen LogP contribution in [0.25, 0.3) is 0 Å². The molecule has 0 atom stereocenters. The van der Waals surface area contributed by atoms with Gasteiger partial charge in [0.25, 0.3) is 5.44 Å². The molecule has 0 unspecified atom stereocenters. The van der Waals surface area contributed by atoms with E-state index in [1.165, 1.54) is 6.07 Å². The van der Waals surface area contributed by atoms with E-state index in [0.717, 1.165) is 0 Å². The average molecular weight is 263 g/mol. The fourth-order valence-electron chi connectivity index (χ4n) is 0.914. The van der Waals surface area contributed by atoms with Crippen molar-refractivity contribution in [1.29, 1.82) is 0 Å². The van der Waals surface area contributed by atoms with E-state index in [0.29, 0.717) is 12.2 Å². The topological polar surface area (TPSA) is 85.6 Å². The van der Waals surface area contributed by atoms with Crippen molar-refractivity contribution in [3.05, 3.63) is 23.9 Å². The highest BCUT2D eigenvalue weighted by atomic mass is 31.2. The summed E-state index contributed by atoms with van der Waals surface area (Å²) in [6, 6.07) is 4.73. The maximum absolute atomic E-state index is 8.92. The number of hydrogen-bond acceptors (Lipinski definition) is 5. The first-order valence-electron chi connectivity index (χ1n) is 5.72. The second kappa shape index (κ2) is 10.6. The van der Waals surface area contributed by atoms with Crippen LogP contribution < -0.4 is 10.8 Å². The lowest BCUT2D eigenvalue weighted by atomic mass is 10.3. The highest BCUT2D eigenvalue weighted by Crippen LogP contribution is 2.41. The van der Waals surface area contributed by atoms with Crippen LogP contribution in [0.15, 0.2) is 18.2 Å². The van der Waals surface area contributed by atoms with Crippen LogP contribution in [0.2, 0.25) is 0 Å². The molecule has 6 heteroatoms. The molecule has 17 heavy (non-hydrogen) atoms. The summed E-state index contributed by atoms with van der Waals surface area (Å²) in [6.07, 6.45) is 0. The SMILES string of the molecule is CC.CC.CNCc1cccc([P+](O)(O)O)n1. The van der Waals surface area contributed by atoms with Gasteiger partial charge < -0.3 is 5.32 Å². The zero-order valence-corrected chi connectivity index (χ0v) is 12.1. The molecule has 1 aromatic heterocycles. The smallest absolute Gasteiger partial charge is 0.314 e. The molecule has 5 nitrogen and oxygen atoms in total. The normalized spacial score (nSPS) is 9.65. The number of hydrogen-bond donors (Lipinski definition) is 4. The van der Waals surface area contributed by atoms with Gasteiger partial charge in [-0.05, 0) is 13.1 Å². The first-order chi connectivity index (χ1) is 8.04. The highest BCUT2D eigenvalue weighted by molar-refractivity contribution is 7.66. The van der Waals surface area contributed by atoms with Crippen molar-refractivity contribution in [3.8, 4) is 0 Å². The molecule has 4 N–H and O–H groups in total. The second-order valence-corrected chi connectivity index (χ2v) is 4.18. The average Bonchev–Trinajstić information content (AvgIpc) is 2.34. The van der Waals surface area contributed by atoms with Crippen LogP contribution in [0, 0.1) is 0 Å². The minimum atomic E-state index is -3.96. The van der Waals surface area contributed by atoms with Gasteiger partial charge in [-0.2, -0.15) is 14.7 Å². The van der Waals surface area contributed by atoms with Crippen molar-refractivity contribution in [2.45, 2.75) is 34.2 Å². The van der Waals surface area contributed by atoms with Crippen molar-refractivity contribution in [2.75, 3.05) is 7.05 Å². The van der Waals surface area contributed by atoms with E-state index in [1.54, 1.807) is 19.2 Å². The first kappa shape index (κ1) is 18.8. The van der Waals surface area contributed by atoms with Crippen LogP contribution in [-0.2, 0) is 6.54 Å². The largest absolute Gasteiger partial charge is 0.460 e. The van der Waals surface area contributed by atoms with Gasteiger partial charge in [0.1, 0.15) is 0 Å². The Labute approximate surface area is 104 Å². The molecule has 0 bridgehead atoms. The van der Waals surface area contributed by atoms with Gasteiger partial charge in [0, 0.05) is 12.6 Å². The standard InChI is InChI=1S/C7H12N2O3P.2C2H6/c1-8-5-6-3-2-4-7(9-6)13(10,11)12;2*1-2/h2-4,8,10-12H,5H2,1H3;2*1-2H3/q+1;;. The molecule has 1 rings (SSSR count). The number of rotatable bonds is 3. The van der Waals surface area contributed by atoms with E-state index in [9.17, 15) is 0 Å².